The number of rotatable bonds is 2. The number of nitrogens with one attached hydrogen (secondary N) is 1. The number of H-pyrrole nitrogens is 1. The summed E-state index contributed by atoms with van der Waals surface area (Å²) in [6.07, 6.45) is -3.60. The zero-order valence-corrected chi connectivity index (χ0v) is 8.82. The van der Waals surface area contributed by atoms with Crippen LogP contribution < -0.4 is 5.73 Å². The van der Waals surface area contributed by atoms with Gasteiger partial charge in [-0.2, -0.15) is 13.2 Å². The quantitative estimate of drug-likeness (QED) is 0.857. The third-order valence-electron chi connectivity index (χ3n) is 1.98. The molecule has 0 fully saturated rings. The van der Waals surface area contributed by atoms with Gasteiger partial charge in [0.1, 0.15) is 11.5 Å². The number of aromatic nitrogens is 2. The normalized spacial score (nSPS) is 12.0. The Morgan fingerprint density at radius 1 is 1.38 bits per heavy atom. The van der Waals surface area contributed by atoms with Gasteiger partial charge in [0.2, 0.25) is 0 Å². The van der Waals surface area contributed by atoms with Crippen molar-refractivity contribution in [1.82, 2.24) is 9.97 Å². The maximum Gasteiger partial charge on any atom is 0.432 e. The highest BCUT2D eigenvalue weighted by molar-refractivity contribution is 7.15. The van der Waals surface area contributed by atoms with E-state index in [0.717, 1.165) is 11.1 Å². The van der Waals surface area contributed by atoms with Gasteiger partial charge in [0.15, 0.2) is 0 Å². The van der Waals surface area contributed by atoms with E-state index in [0.29, 0.717) is 11.4 Å². The number of thiophene rings is 1. The van der Waals surface area contributed by atoms with Gasteiger partial charge in [-0.1, -0.05) is 0 Å². The minimum atomic E-state index is -4.39. The summed E-state index contributed by atoms with van der Waals surface area (Å²) in [7, 11) is 0. The van der Waals surface area contributed by atoms with E-state index >= 15 is 0 Å². The first-order valence-corrected chi connectivity index (χ1v) is 5.23. The largest absolute Gasteiger partial charge is 0.432 e. The standard InChI is InChI=1S/C9H8F3N3S/c10-9(11,12)7-4-14-8(15-7)6-2-1-5(3-13)16-6/h1-2,4H,3,13H2,(H,14,15). The number of hydrogen-bond acceptors (Lipinski definition) is 3. The van der Waals surface area contributed by atoms with Crippen molar-refractivity contribution in [1.29, 1.82) is 0 Å². The van der Waals surface area contributed by atoms with Crippen LogP contribution in [0.3, 0.4) is 0 Å². The maximum atomic E-state index is 12.3. The molecule has 7 heteroatoms. The smallest absolute Gasteiger partial charge is 0.334 e. The van der Waals surface area contributed by atoms with Crippen molar-refractivity contribution in [2.24, 2.45) is 5.73 Å². The summed E-state index contributed by atoms with van der Waals surface area (Å²) in [5.41, 5.74) is 4.57. The second kappa shape index (κ2) is 3.91. The third kappa shape index (κ3) is 2.10. The highest BCUT2D eigenvalue weighted by Crippen LogP contribution is 2.31. The van der Waals surface area contributed by atoms with Crippen LogP contribution in [0.2, 0.25) is 0 Å². The van der Waals surface area contributed by atoms with Gasteiger partial charge in [-0.05, 0) is 12.1 Å². The second-order valence-electron chi connectivity index (χ2n) is 3.11. The zero-order chi connectivity index (χ0) is 11.8. The molecule has 86 valence electrons. The molecule has 0 radical (unpaired) electrons. The van der Waals surface area contributed by atoms with E-state index in [9.17, 15) is 13.2 Å². The van der Waals surface area contributed by atoms with Crippen molar-refractivity contribution in [3.05, 3.63) is 28.9 Å². The summed E-state index contributed by atoms with van der Waals surface area (Å²) in [5.74, 6) is 0.219. The Kier molecular flexibility index (Phi) is 2.73. The molecule has 0 spiro atoms. The number of halogens is 3. The lowest BCUT2D eigenvalue weighted by Crippen LogP contribution is -2.04. The Balaban J connectivity index is 2.31. The first-order chi connectivity index (χ1) is 7.50. The minimum Gasteiger partial charge on any atom is -0.334 e. The minimum absolute atomic E-state index is 0.219. The van der Waals surface area contributed by atoms with Gasteiger partial charge in [-0.3, -0.25) is 0 Å². The van der Waals surface area contributed by atoms with Crippen LogP contribution in [0.25, 0.3) is 10.7 Å². The van der Waals surface area contributed by atoms with Crippen LogP contribution in [0.15, 0.2) is 18.3 Å². The van der Waals surface area contributed by atoms with Gasteiger partial charge in [0.25, 0.3) is 0 Å². The van der Waals surface area contributed by atoms with E-state index in [1.165, 1.54) is 11.3 Å². The Labute approximate surface area is 93.1 Å². The molecule has 3 N–H and O–H groups in total. The molecule has 0 bridgehead atoms. The predicted octanol–water partition coefficient (Wildman–Crippen LogP) is 2.62. The summed E-state index contributed by atoms with van der Waals surface area (Å²) >= 11 is 1.32. The molecule has 0 atom stereocenters. The number of hydrogen-bond donors (Lipinski definition) is 2. The van der Waals surface area contributed by atoms with E-state index in [1.54, 1.807) is 12.1 Å². The molecule has 16 heavy (non-hydrogen) atoms. The average molecular weight is 247 g/mol. The van der Waals surface area contributed by atoms with Crippen LogP contribution in [-0.2, 0) is 12.7 Å². The van der Waals surface area contributed by atoms with Gasteiger partial charge >= 0.3 is 6.18 Å². The molecule has 0 saturated heterocycles. The summed E-state index contributed by atoms with van der Waals surface area (Å²) in [5, 5.41) is 0. The van der Waals surface area contributed by atoms with Crippen LogP contribution in [0.4, 0.5) is 13.2 Å². The zero-order valence-electron chi connectivity index (χ0n) is 8.01. The van der Waals surface area contributed by atoms with Crippen molar-refractivity contribution in [2.45, 2.75) is 12.7 Å². The molecule has 0 aliphatic carbocycles. The van der Waals surface area contributed by atoms with E-state index < -0.39 is 11.9 Å². The summed E-state index contributed by atoms with van der Waals surface area (Å²) in [4.78, 5) is 7.49. The van der Waals surface area contributed by atoms with Crippen LogP contribution >= 0.6 is 11.3 Å². The lowest BCUT2D eigenvalue weighted by molar-refractivity contribution is -0.140. The van der Waals surface area contributed by atoms with Crippen molar-refractivity contribution in [3.63, 3.8) is 0 Å². The molecule has 0 aliphatic rings. The van der Waals surface area contributed by atoms with Crippen LogP contribution in [0, 0.1) is 0 Å². The van der Waals surface area contributed by atoms with Gasteiger partial charge in [0, 0.05) is 11.4 Å². The number of nitrogens with zero attached hydrogens (tertiary/aromatic N) is 1. The highest BCUT2D eigenvalue weighted by atomic mass is 32.1. The second-order valence-corrected chi connectivity index (χ2v) is 4.28. The van der Waals surface area contributed by atoms with Crippen molar-refractivity contribution >= 4 is 11.3 Å². The lowest BCUT2D eigenvalue weighted by atomic mass is 10.4. The van der Waals surface area contributed by atoms with Gasteiger partial charge < -0.3 is 10.7 Å². The van der Waals surface area contributed by atoms with Crippen LogP contribution in [0.1, 0.15) is 10.6 Å². The lowest BCUT2D eigenvalue weighted by Gasteiger charge is -2.00. The third-order valence-corrected chi connectivity index (χ3v) is 3.09. The van der Waals surface area contributed by atoms with Gasteiger partial charge in [-0.25, -0.2) is 4.98 Å². The number of imidazole rings is 1. The van der Waals surface area contributed by atoms with E-state index in [-0.39, 0.29) is 5.82 Å². The van der Waals surface area contributed by atoms with Gasteiger partial charge in [-0.15, -0.1) is 11.3 Å². The molecule has 2 rings (SSSR count). The first kappa shape index (κ1) is 11.2. The van der Waals surface area contributed by atoms with Crippen LogP contribution in [-0.4, -0.2) is 9.97 Å². The monoisotopic (exact) mass is 247 g/mol. The van der Waals surface area contributed by atoms with Gasteiger partial charge in [0.05, 0.1) is 11.1 Å². The topological polar surface area (TPSA) is 54.7 Å². The van der Waals surface area contributed by atoms with Crippen molar-refractivity contribution < 1.29 is 13.2 Å². The summed E-state index contributed by atoms with van der Waals surface area (Å²) in [6.45, 7) is 0.373. The molecule has 2 aromatic rings. The molecular weight excluding hydrogens is 239 g/mol. The molecule has 2 heterocycles. The fraction of sp³-hybridized carbons (Fsp3) is 0.222. The molecule has 0 unspecified atom stereocenters. The molecule has 0 aliphatic heterocycles. The highest BCUT2D eigenvalue weighted by Gasteiger charge is 2.33. The molecule has 0 amide bonds. The fourth-order valence-corrected chi connectivity index (χ4v) is 2.04. The Hall–Kier alpha value is -1.34. The van der Waals surface area contributed by atoms with Crippen molar-refractivity contribution in [3.8, 4) is 10.7 Å². The summed E-state index contributed by atoms with van der Waals surface area (Å²) < 4.78 is 36.9. The van der Waals surface area contributed by atoms with Crippen LogP contribution in [0.5, 0.6) is 0 Å². The van der Waals surface area contributed by atoms with E-state index in [4.69, 9.17) is 5.73 Å². The Bertz CT molecular complexity index is 486. The fourth-order valence-electron chi connectivity index (χ4n) is 1.21. The molecule has 2 aromatic heterocycles. The Morgan fingerprint density at radius 2 is 2.12 bits per heavy atom. The number of alkyl halides is 3. The molecule has 3 nitrogen and oxygen atoms in total. The first-order valence-electron chi connectivity index (χ1n) is 4.42. The van der Waals surface area contributed by atoms with E-state index in [2.05, 4.69) is 9.97 Å². The predicted molar refractivity (Wildman–Crippen MR) is 54.8 cm³/mol. The van der Waals surface area contributed by atoms with E-state index in [1.807, 2.05) is 0 Å². The number of nitrogens with two attached hydrogens (primary N) is 1. The molecule has 0 saturated carbocycles. The summed E-state index contributed by atoms with van der Waals surface area (Å²) in [6, 6.07) is 3.47. The molecule has 0 aromatic carbocycles. The SMILES string of the molecule is NCc1ccc(-c2ncc(C(F)(F)F)[nH]2)s1. The maximum absolute atomic E-state index is 12.3. The molecular formula is C9H8F3N3S. The van der Waals surface area contributed by atoms with Crippen molar-refractivity contribution in [2.75, 3.05) is 0 Å². The Morgan fingerprint density at radius 3 is 2.62 bits per heavy atom. The number of aromatic amines is 1. The average Bonchev–Trinajstić information content (AvgIpc) is 2.85.